The molecule has 84 valence electrons. The average Bonchev–Trinajstić information content (AvgIpc) is 2.19. The Morgan fingerprint density at radius 1 is 1.40 bits per heavy atom. The molecule has 2 N–H and O–H groups in total. The molecule has 0 aliphatic carbocycles. The smallest absolute Gasteiger partial charge is 0.0371 e. The summed E-state index contributed by atoms with van der Waals surface area (Å²) in [6.07, 6.45) is 2.48. The summed E-state index contributed by atoms with van der Waals surface area (Å²) in [5.41, 5.74) is 8.02. The summed E-state index contributed by atoms with van der Waals surface area (Å²) < 4.78 is 1.04. The number of hydrogen-bond donors (Lipinski definition) is 1. The lowest BCUT2D eigenvalue weighted by atomic mass is 10.1. The van der Waals surface area contributed by atoms with Crippen molar-refractivity contribution < 1.29 is 0 Å². The Bertz CT molecular complexity index is 312. The number of nitrogen functional groups attached to an aromatic ring is 1. The highest BCUT2D eigenvalue weighted by atomic mass is 79.9. The van der Waals surface area contributed by atoms with Crippen LogP contribution in [-0.4, -0.2) is 18.5 Å². The SMILES string of the molecule is CCCCN(C)Cc1ccc(Br)cc1N. The first-order valence-electron chi connectivity index (χ1n) is 5.36. The van der Waals surface area contributed by atoms with Crippen LogP contribution in [0, 0.1) is 0 Å². The van der Waals surface area contributed by atoms with Gasteiger partial charge in [0.25, 0.3) is 0 Å². The van der Waals surface area contributed by atoms with E-state index in [0.29, 0.717) is 0 Å². The quantitative estimate of drug-likeness (QED) is 0.833. The molecule has 0 fully saturated rings. The van der Waals surface area contributed by atoms with Crippen LogP contribution < -0.4 is 5.73 Å². The second kappa shape index (κ2) is 6.13. The van der Waals surface area contributed by atoms with E-state index in [0.717, 1.165) is 23.2 Å². The number of nitrogens with two attached hydrogens (primary N) is 1. The van der Waals surface area contributed by atoms with Gasteiger partial charge < -0.3 is 10.6 Å². The van der Waals surface area contributed by atoms with E-state index >= 15 is 0 Å². The van der Waals surface area contributed by atoms with Gasteiger partial charge in [0.05, 0.1) is 0 Å². The van der Waals surface area contributed by atoms with Gasteiger partial charge in [-0.3, -0.25) is 0 Å². The highest BCUT2D eigenvalue weighted by Gasteiger charge is 2.03. The van der Waals surface area contributed by atoms with Crippen LogP contribution in [0.1, 0.15) is 25.3 Å². The van der Waals surface area contributed by atoms with Crippen LogP contribution in [0.4, 0.5) is 5.69 Å². The van der Waals surface area contributed by atoms with Gasteiger partial charge in [0, 0.05) is 16.7 Å². The van der Waals surface area contributed by atoms with Gasteiger partial charge in [-0.05, 0) is 37.7 Å². The fourth-order valence-electron chi connectivity index (χ4n) is 1.51. The molecule has 1 rings (SSSR count). The Kier molecular flexibility index (Phi) is 5.12. The molecule has 15 heavy (non-hydrogen) atoms. The summed E-state index contributed by atoms with van der Waals surface area (Å²) in [4.78, 5) is 2.31. The summed E-state index contributed by atoms with van der Waals surface area (Å²) in [7, 11) is 2.14. The normalized spacial score (nSPS) is 10.9. The van der Waals surface area contributed by atoms with Gasteiger partial charge in [-0.15, -0.1) is 0 Å². The summed E-state index contributed by atoms with van der Waals surface area (Å²) in [5.74, 6) is 0. The standard InChI is InChI=1S/C12H19BrN2/c1-3-4-7-15(2)9-10-5-6-11(13)8-12(10)14/h5-6,8H,3-4,7,9,14H2,1-2H3. The number of unbranched alkanes of at least 4 members (excludes halogenated alkanes) is 1. The molecule has 0 aliphatic heterocycles. The van der Waals surface area contributed by atoms with E-state index in [1.165, 1.54) is 18.4 Å². The van der Waals surface area contributed by atoms with Crippen LogP contribution in [0.2, 0.25) is 0 Å². The molecule has 0 unspecified atom stereocenters. The molecule has 1 aromatic rings. The lowest BCUT2D eigenvalue weighted by Gasteiger charge is -2.17. The lowest BCUT2D eigenvalue weighted by Crippen LogP contribution is -2.19. The van der Waals surface area contributed by atoms with Gasteiger partial charge in [-0.25, -0.2) is 0 Å². The molecule has 0 saturated heterocycles. The molecule has 0 aliphatic rings. The van der Waals surface area contributed by atoms with Gasteiger partial charge in [-0.2, -0.15) is 0 Å². The van der Waals surface area contributed by atoms with Crippen molar-refractivity contribution in [2.45, 2.75) is 26.3 Å². The third-order valence-electron chi connectivity index (χ3n) is 2.44. The lowest BCUT2D eigenvalue weighted by molar-refractivity contribution is 0.321. The molecule has 2 nitrogen and oxygen atoms in total. The number of halogens is 1. The molecule has 0 spiro atoms. The van der Waals surface area contributed by atoms with Crippen LogP contribution >= 0.6 is 15.9 Å². The highest BCUT2D eigenvalue weighted by molar-refractivity contribution is 9.10. The molecule has 0 radical (unpaired) electrons. The average molecular weight is 271 g/mol. The predicted molar refractivity (Wildman–Crippen MR) is 69.8 cm³/mol. The minimum atomic E-state index is 0.868. The first-order valence-corrected chi connectivity index (χ1v) is 6.15. The van der Waals surface area contributed by atoms with Gasteiger partial charge in [0.2, 0.25) is 0 Å². The maximum absolute atomic E-state index is 5.94. The maximum atomic E-state index is 5.94. The fraction of sp³-hybridized carbons (Fsp3) is 0.500. The Morgan fingerprint density at radius 2 is 2.13 bits per heavy atom. The minimum Gasteiger partial charge on any atom is -0.398 e. The van der Waals surface area contributed by atoms with Crippen molar-refractivity contribution in [2.24, 2.45) is 0 Å². The number of benzene rings is 1. The van der Waals surface area contributed by atoms with E-state index in [-0.39, 0.29) is 0 Å². The maximum Gasteiger partial charge on any atom is 0.0371 e. The number of anilines is 1. The van der Waals surface area contributed by atoms with E-state index in [1.807, 2.05) is 12.1 Å². The van der Waals surface area contributed by atoms with Gasteiger partial charge in [-0.1, -0.05) is 35.3 Å². The van der Waals surface area contributed by atoms with Crippen molar-refractivity contribution in [1.82, 2.24) is 4.90 Å². The third-order valence-corrected chi connectivity index (χ3v) is 2.93. The Labute approximate surface area is 101 Å². The van der Waals surface area contributed by atoms with Crippen LogP contribution in [0.25, 0.3) is 0 Å². The van der Waals surface area contributed by atoms with E-state index in [4.69, 9.17) is 5.73 Å². The van der Waals surface area contributed by atoms with Crippen LogP contribution in [0.15, 0.2) is 22.7 Å². The fourth-order valence-corrected chi connectivity index (χ4v) is 1.89. The zero-order valence-corrected chi connectivity index (χ0v) is 11.0. The Hall–Kier alpha value is -0.540. The molecule has 0 amide bonds. The van der Waals surface area contributed by atoms with Gasteiger partial charge in [0.15, 0.2) is 0 Å². The van der Waals surface area contributed by atoms with Crippen LogP contribution in [0.5, 0.6) is 0 Å². The van der Waals surface area contributed by atoms with Crippen molar-refractivity contribution in [3.63, 3.8) is 0 Å². The zero-order valence-electron chi connectivity index (χ0n) is 9.46. The first-order chi connectivity index (χ1) is 7.13. The highest BCUT2D eigenvalue weighted by Crippen LogP contribution is 2.19. The van der Waals surface area contributed by atoms with Crippen molar-refractivity contribution in [3.8, 4) is 0 Å². The Morgan fingerprint density at radius 3 is 2.73 bits per heavy atom. The minimum absolute atomic E-state index is 0.868. The number of rotatable bonds is 5. The van der Waals surface area contributed by atoms with Crippen molar-refractivity contribution in [1.29, 1.82) is 0 Å². The second-order valence-electron chi connectivity index (χ2n) is 3.93. The molecule has 3 heteroatoms. The topological polar surface area (TPSA) is 29.3 Å². The van der Waals surface area contributed by atoms with Crippen LogP contribution in [-0.2, 0) is 6.54 Å². The molecule has 1 aromatic carbocycles. The molecule has 0 aromatic heterocycles. The molecule has 0 atom stereocenters. The number of nitrogens with zero attached hydrogens (tertiary/aromatic N) is 1. The van der Waals surface area contributed by atoms with Gasteiger partial charge in [0.1, 0.15) is 0 Å². The summed E-state index contributed by atoms with van der Waals surface area (Å²) in [6, 6.07) is 6.09. The van der Waals surface area contributed by atoms with Gasteiger partial charge >= 0.3 is 0 Å². The third kappa shape index (κ3) is 4.22. The molecule has 0 saturated carbocycles. The van der Waals surface area contributed by atoms with Crippen molar-refractivity contribution in [2.75, 3.05) is 19.3 Å². The molecule has 0 heterocycles. The first kappa shape index (κ1) is 12.5. The predicted octanol–water partition coefficient (Wildman–Crippen LogP) is 3.26. The second-order valence-corrected chi connectivity index (χ2v) is 4.85. The van der Waals surface area contributed by atoms with Crippen LogP contribution in [0.3, 0.4) is 0 Å². The zero-order chi connectivity index (χ0) is 11.3. The molecule has 0 bridgehead atoms. The van der Waals surface area contributed by atoms with E-state index in [2.05, 4.69) is 40.9 Å². The monoisotopic (exact) mass is 270 g/mol. The summed E-state index contributed by atoms with van der Waals surface area (Å²) in [5, 5.41) is 0. The largest absolute Gasteiger partial charge is 0.398 e. The summed E-state index contributed by atoms with van der Waals surface area (Å²) >= 11 is 3.41. The number of hydrogen-bond acceptors (Lipinski definition) is 2. The molecular weight excluding hydrogens is 252 g/mol. The van der Waals surface area contributed by atoms with E-state index in [1.54, 1.807) is 0 Å². The van der Waals surface area contributed by atoms with Crippen molar-refractivity contribution >= 4 is 21.6 Å². The Balaban J connectivity index is 2.56. The summed E-state index contributed by atoms with van der Waals surface area (Å²) in [6.45, 7) is 4.27. The van der Waals surface area contributed by atoms with E-state index in [9.17, 15) is 0 Å². The van der Waals surface area contributed by atoms with Crippen molar-refractivity contribution in [3.05, 3.63) is 28.2 Å². The molecular formula is C12H19BrN2. The van der Waals surface area contributed by atoms with E-state index < -0.39 is 0 Å².